The number of thioether (sulfide) groups is 1. The van der Waals surface area contributed by atoms with Crippen LogP contribution in [-0.2, 0) is 0 Å². The lowest BCUT2D eigenvalue weighted by molar-refractivity contribution is 0.0699. The minimum atomic E-state index is -0.0274. The van der Waals surface area contributed by atoms with Crippen LogP contribution in [0.1, 0.15) is 24.2 Å². The molecule has 2 unspecified atom stereocenters. The Morgan fingerprint density at radius 2 is 2.05 bits per heavy atom. The van der Waals surface area contributed by atoms with Gasteiger partial charge in [0.25, 0.3) is 5.91 Å². The molecule has 6 heteroatoms. The Morgan fingerprint density at radius 1 is 1.35 bits per heavy atom. The van der Waals surface area contributed by atoms with E-state index in [0.29, 0.717) is 28.0 Å². The average Bonchev–Trinajstić information content (AvgIpc) is 2.87. The van der Waals surface area contributed by atoms with Crippen LogP contribution in [0.3, 0.4) is 0 Å². The Labute approximate surface area is 122 Å². The highest BCUT2D eigenvalue weighted by Gasteiger charge is 2.31. The third kappa shape index (κ3) is 2.18. The van der Waals surface area contributed by atoms with Crippen molar-refractivity contribution < 1.29 is 14.3 Å². The van der Waals surface area contributed by atoms with E-state index < -0.39 is 0 Å². The third-order valence-corrected chi connectivity index (χ3v) is 5.26. The molecule has 1 amide bonds. The van der Waals surface area contributed by atoms with Crippen molar-refractivity contribution in [3.05, 3.63) is 17.7 Å². The minimum Gasteiger partial charge on any atom is -0.454 e. The number of amides is 1. The van der Waals surface area contributed by atoms with E-state index in [4.69, 9.17) is 15.2 Å². The largest absolute Gasteiger partial charge is 0.454 e. The second-order valence-corrected chi connectivity index (χ2v) is 6.59. The van der Waals surface area contributed by atoms with E-state index in [1.807, 2.05) is 16.7 Å². The van der Waals surface area contributed by atoms with Crippen LogP contribution in [0.2, 0.25) is 0 Å². The monoisotopic (exact) mass is 294 g/mol. The van der Waals surface area contributed by atoms with Gasteiger partial charge in [0.05, 0.1) is 5.56 Å². The molecule has 0 radical (unpaired) electrons. The van der Waals surface area contributed by atoms with Gasteiger partial charge in [-0.05, 0) is 13.0 Å². The molecule has 5 nitrogen and oxygen atoms in total. The zero-order chi connectivity index (χ0) is 14.3. The molecule has 0 bridgehead atoms. The Balaban J connectivity index is 1.90. The van der Waals surface area contributed by atoms with E-state index in [2.05, 4.69) is 13.8 Å². The van der Waals surface area contributed by atoms with Crippen LogP contribution in [0, 0.1) is 0 Å². The second-order valence-electron chi connectivity index (χ2n) is 5.11. The van der Waals surface area contributed by atoms with Gasteiger partial charge in [0.2, 0.25) is 6.79 Å². The van der Waals surface area contributed by atoms with Gasteiger partial charge in [-0.15, -0.1) is 0 Å². The van der Waals surface area contributed by atoms with E-state index >= 15 is 0 Å². The molecular weight excluding hydrogens is 276 g/mol. The summed E-state index contributed by atoms with van der Waals surface area (Å²) >= 11 is 1.90. The smallest absolute Gasteiger partial charge is 0.256 e. The number of nitrogen functional groups attached to an aromatic ring is 1. The first-order valence-corrected chi connectivity index (χ1v) is 7.74. The predicted octanol–water partition coefficient (Wildman–Crippen LogP) is 1.96. The van der Waals surface area contributed by atoms with Crippen molar-refractivity contribution in [2.75, 3.05) is 24.8 Å². The van der Waals surface area contributed by atoms with E-state index in [9.17, 15) is 4.79 Å². The quantitative estimate of drug-likeness (QED) is 0.802. The molecule has 0 aromatic heterocycles. The summed E-state index contributed by atoms with van der Waals surface area (Å²) in [5, 5.41) is 0.433. The van der Waals surface area contributed by atoms with Crippen molar-refractivity contribution >= 4 is 23.4 Å². The molecule has 2 aliphatic heterocycles. The Hall–Kier alpha value is -1.56. The van der Waals surface area contributed by atoms with Gasteiger partial charge < -0.3 is 20.1 Å². The third-order valence-electron chi connectivity index (χ3n) is 3.92. The molecular formula is C14H18N2O3S. The molecule has 1 aromatic rings. The predicted molar refractivity (Wildman–Crippen MR) is 79.4 cm³/mol. The van der Waals surface area contributed by atoms with Gasteiger partial charge in [-0.25, -0.2) is 0 Å². The first-order valence-electron chi connectivity index (χ1n) is 6.69. The van der Waals surface area contributed by atoms with E-state index in [-0.39, 0.29) is 18.7 Å². The number of ether oxygens (including phenoxy) is 2. The van der Waals surface area contributed by atoms with Crippen LogP contribution >= 0.6 is 11.8 Å². The number of carbonyl (C=O) groups excluding carboxylic acids is 1. The SMILES string of the molecule is CC1SCCN(C(=O)c2cc3c(cc2N)OCO3)C1C. The van der Waals surface area contributed by atoms with Gasteiger partial charge in [0.1, 0.15) is 0 Å². The summed E-state index contributed by atoms with van der Waals surface area (Å²) < 4.78 is 10.6. The van der Waals surface area contributed by atoms with Crippen LogP contribution in [-0.4, -0.2) is 41.2 Å². The second kappa shape index (κ2) is 5.09. The van der Waals surface area contributed by atoms with Crippen LogP contribution in [0.4, 0.5) is 5.69 Å². The van der Waals surface area contributed by atoms with Crippen LogP contribution in [0.25, 0.3) is 0 Å². The number of fused-ring (bicyclic) bond motifs is 1. The maximum absolute atomic E-state index is 12.7. The standard InChI is InChI=1S/C14H18N2O3S/c1-8-9(2)20-4-3-16(8)14(17)10-5-12-13(6-11(10)15)19-7-18-12/h5-6,8-9H,3-4,7,15H2,1-2H3. The maximum atomic E-state index is 12.7. The highest BCUT2D eigenvalue weighted by Crippen LogP contribution is 2.37. The fourth-order valence-corrected chi connectivity index (χ4v) is 3.62. The molecule has 2 N–H and O–H groups in total. The summed E-state index contributed by atoms with van der Waals surface area (Å²) in [5.74, 6) is 2.13. The molecule has 1 saturated heterocycles. The van der Waals surface area contributed by atoms with Crippen molar-refractivity contribution in [2.45, 2.75) is 25.1 Å². The average molecular weight is 294 g/mol. The fourth-order valence-electron chi connectivity index (χ4n) is 2.52. The number of hydrogen-bond donors (Lipinski definition) is 1. The minimum absolute atomic E-state index is 0.0274. The van der Waals surface area contributed by atoms with E-state index in [1.165, 1.54) is 0 Å². The van der Waals surface area contributed by atoms with Crippen molar-refractivity contribution in [1.82, 2.24) is 4.90 Å². The summed E-state index contributed by atoms with van der Waals surface area (Å²) in [7, 11) is 0. The molecule has 2 aliphatic rings. The summed E-state index contributed by atoms with van der Waals surface area (Å²) in [4.78, 5) is 14.6. The van der Waals surface area contributed by atoms with Gasteiger partial charge in [-0.2, -0.15) is 11.8 Å². The van der Waals surface area contributed by atoms with Crippen molar-refractivity contribution in [3.63, 3.8) is 0 Å². The van der Waals surface area contributed by atoms with Gasteiger partial charge in [0, 0.05) is 35.3 Å². The van der Waals surface area contributed by atoms with Gasteiger partial charge >= 0.3 is 0 Å². The summed E-state index contributed by atoms with van der Waals surface area (Å²) in [5.41, 5.74) is 6.94. The van der Waals surface area contributed by atoms with Crippen molar-refractivity contribution in [1.29, 1.82) is 0 Å². The van der Waals surface area contributed by atoms with Crippen molar-refractivity contribution in [2.24, 2.45) is 0 Å². The van der Waals surface area contributed by atoms with Crippen LogP contribution < -0.4 is 15.2 Å². The number of nitrogens with zero attached hydrogens (tertiary/aromatic N) is 1. The molecule has 108 valence electrons. The van der Waals surface area contributed by atoms with Crippen LogP contribution in [0.5, 0.6) is 11.5 Å². The lowest BCUT2D eigenvalue weighted by atomic mass is 10.1. The molecule has 2 atom stereocenters. The molecule has 20 heavy (non-hydrogen) atoms. The summed E-state index contributed by atoms with van der Waals surface area (Å²) in [6.45, 7) is 5.17. The Morgan fingerprint density at radius 3 is 2.80 bits per heavy atom. The number of nitrogens with two attached hydrogens (primary N) is 1. The molecule has 1 fully saturated rings. The normalized spacial score (nSPS) is 24.8. The number of hydrogen-bond acceptors (Lipinski definition) is 5. The molecule has 3 rings (SSSR count). The first-order chi connectivity index (χ1) is 9.58. The lowest BCUT2D eigenvalue weighted by Gasteiger charge is -2.37. The number of anilines is 1. The zero-order valence-electron chi connectivity index (χ0n) is 11.6. The zero-order valence-corrected chi connectivity index (χ0v) is 12.4. The number of rotatable bonds is 1. The van der Waals surface area contributed by atoms with Crippen molar-refractivity contribution in [3.8, 4) is 11.5 Å². The molecule has 1 aromatic carbocycles. The highest BCUT2D eigenvalue weighted by atomic mass is 32.2. The van der Waals surface area contributed by atoms with Crippen LogP contribution in [0.15, 0.2) is 12.1 Å². The number of benzene rings is 1. The van der Waals surface area contributed by atoms with Gasteiger partial charge in [0.15, 0.2) is 11.5 Å². The molecule has 0 spiro atoms. The highest BCUT2D eigenvalue weighted by molar-refractivity contribution is 8.00. The van der Waals surface area contributed by atoms with Gasteiger partial charge in [-0.3, -0.25) is 4.79 Å². The molecule has 0 aliphatic carbocycles. The fraction of sp³-hybridized carbons (Fsp3) is 0.500. The van der Waals surface area contributed by atoms with E-state index in [0.717, 1.165) is 12.3 Å². The Bertz CT molecular complexity index is 549. The maximum Gasteiger partial charge on any atom is 0.256 e. The number of carbonyl (C=O) groups is 1. The van der Waals surface area contributed by atoms with Gasteiger partial charge in [-0.1, -0.05) is 6.92 Å². The topological polar surface area (TPSA) is 64.8 Å². The lowest BCUT2D eigenvalue weighted by Crippen LogP contribution is -2.48. The molecule has 0 saturated carbocycles. The summed E-state index contributed by atoms with van der Waals surface area (Å²) in [6.07, 6.45) is 0. The van der Waals surface area contributed by atoms with E-state index in [1.54, 1.807) is 12.1 Å². The first kappa shape index (κ1) is 13.4. The molecule has 2 heterocycles. The Kier molecular flexibility index (Phi) is 3.41. The summed E-state index contributed by atoms with van der Waals surface area (Å²) in [6, 6.07) is 3.56.